The molecule has 2 N–H and O–H groups in total. The second kappa shape index (κ2) is 13.9. The van der Waals surface area contributed by atoms with E-state index in [0.29, 0.717) is 22.2 Å². The van der Waals surface area contributed by atoms with Crippen LogP contribution in [0.25, 0.3) is 11.0 Å². The zero-order chi connectivity index (χ0) is 27.5. The summed E-state index contributed by atoms with van der Waals surface area (Å²) in [6.45, 7) is 7.95. The van der Waals surface area contributed by atoms with Gasteiger partial charge in [-0.3, -0.25) is 0 Å². The van der Waals surface area contributed by atoms with Gasteiger partial charge >= 0.3 is 0 Å². The van der Waals surface area contributed by atoms with E-state index in [1.807, 2.05) is 33.5 Å². The number of benzene rings is 1. The predicted molar refractivity (Wildman–Crippen MR) is 138 cm³/mol. The number of nitrogens with zero attached hydrogens (tertiary/aromatic N) is 2. The molecule has 11 heteroatoms. The number of carbonyl (C=O) groups is 2. The maximum absolute atomic E-state index is 15.2. The number of ether oxygens (including phenoxy) is 2. The molecule has 0 aliphatic rings. The van der Waals surface area contributed by atoms with Crippen LogP contribution in [0.4, 0.5) is 14.5 Å². The highest BCUT2D eigenvalue weighted by atomic mass is 35.5. The number of fused-ring (bicyclic) bond motifs is 1. The van der Waals surface area contributed by atoms with Gasteiger partial charge in [-0.05, 0) is 30.2 Å². The molecule has 0 saturated carbocycles. The molecule has 0 atom stereocenters. The number of hydrogen-bond donors (Lipinski definition) is 2. The van der Waals surface area contributed by atoms with Crippen LogP contribution in [-0.4, -0.2) is 35.6 Å². The number of nitrogens with one attached hydrogen (secondary N) is 2. The molecule has 0 radical (unpaired) electrons. The number of anilines is 1. The van der Waals surface area contributed by atoms with Crippen molar-refractivity contribution in [3.05, 3.63) is 76.2 Å². The van der Waals surface area contributed by atoms with Gasteiger partial charge in [-0.15, -0.1) is 0 Å². The fourth-order valence-corrected chi connectivity index (χ4v) is 3.89. The van der Waals surface area contributed by atoms with Crippen LogP contribution < -0.4 is 14.8 Å². The summed E-state index contributed by atoms with van der Waals surface area (Å²) >= 11 is 6.00. The summed E-state index contributed by atoms with van der Waals surface area (Å²) in [5.74, 6) is -0.436. The molecule has 4 rings (SSSR count). The molecule has 0 unspecified atom stereocenters. The van der Waals surface area contributed by atoms with E-state index in [1.165, 1.54) is 25.4 Å². The molecule has 3 aromatic heterocycles. The van der Waals surface area contributed by atoms with Crippen molar-refractivity contribution in [1.29, 1.82) is 0 Å². The molecular formula is C26H27ClF2N4O4. The minimum Gasteiger partial charge on any atom is -0.487 e. The molecule has 0 aliphatic carbocycles. The van der Waals surface area contributed by atoms with E-state index >= 15 is 4.39 Å². The number of halogens is 3. The predicted octanol–water partition coefficient (Wildman–Crippen LogP) is 5.84. The molecule has 0 saturated heterocycles. The first-order chi connectivity index (χ1) is 17.9. The number of aromatic nitrogens is 3. The van der Waals surface area contributed by atoms with Crippen LogP contribution in [0.15, 0.2) is 42.9 Å². The van der Waals surface area contributed by atoms with E-state index in [0.717, 1.165) is 16.6 Å². The first-order valence-corrected chi connectivity index (χ1v) is 11.3. The highest BCUT2D eigenvalue weighted by Gasteiger charge is 2.18. The second-order valence-corrected chi connectivity index (χ2v) is 8.22. The average molecular weight is 533 g/mol. The summed E-state index contributed by atoms with van der Waals surface area (Å²) in [6, 6.07) is 6.12. The first-order valence-electron chi connectivity index (χ1n) is 10.9. The topological polar surface area (TPSA) is 106 Å². The van der Waals surface area contributed by atoms with Gasteiger partial charge in [-0.1, -0.05) is 25.4 Å². The van der Waals surface area contributed by atoms with Crippen molar-refractivity contribution < 1.29 is 27.8 Å². The van der Waals surface area contributed by atoms with Crippen molar-refractivity contribution in [2.45, 2.75) is 32.9 Å². The Hall–Kier alpha value is -4.05. The lowest BCUT2D eigenvalue weighted by atomic mass is 10.0. The van der Waals surface area contributed by atoms with E-state index in [-0.39, 0.29) is 30.3 Å². The Morgan fingerprint density at radius 1 is 1.11 bits per heavy atom. The van der Waals surface area contributed by atoms with Gasteiger partial charge in [-0.25, -0.2) is 18.7 Å². The SMILES string of the molecule is C=O.C=O.COc1ncc(Cl)cc1CNc1ccc(F)c(COc2cnc3[nH]ccc3c2C(C)C)c1F. The van der Waals surface area contributed by atoms with Crippen LogP contribution in [0.5, 0.6) is 11.6 Å². The third kappa shape index (κ3) is 6.79. The number of H-pyrrole nitrogens is 1. The van der Waals surface area contributed by atoms with Crippen molar-refractivity contribution in [3.8, 4) is 11.6 Å². The van der Waals surface area contributed by atoms with Crippen LogP contribution in [0, 0.1) is 11.6 Å². The second-order valence-electron chi connectivity index (χ2n) is 7.78. The number of rotatable bonds is 8. The normalized spacial score (nSPS) is 10.2. The monoisotopic (exact) mass is 532 g/mol. The molecule has 0 amide bonds. The summed E-state index contributed by atoms with van der Waals surface area (Å²) in [6.07, 6.45) is 4.83. The van der Waals surface area contributed by atoms with Gasteiger partial charge in [0, 0.05) is 35.5 Å². The molecule has 1 aromatic carbocycles. The molecule has 0 fully saturated rings. The van der Waals surface area contributed by atoms with E-state index in [2.05, 4.69) is 20.3 Å². The average Bonchev–Trinajstić information content (AvgIpc) is 3.39. The quantitative estimate of drug-likeness (QED) is 0.293. The third-order valence-electron chi connectivity index (χ3n) is 5.28. The van der Waals surface area contributed by atoms with Crippen molar-refractivity contribution >= 4 is 41.9 Å². The molecule has 37 heavy (non-hydrogen) atoms. The number of carbonyl (C=O) groups excluding carboxylic acids is 2. The Morgan fingerprint density at radius 2 is 1.84 bits per heavy atom. The standard InChI is InChI=1S/C24H23ClF2N4O2.2CH2O/c1-13(2)21-16-6-7-28-23(16)30-11-20(21)33-12-17-18(26)4-5-19(22(17)27)29-9-14-8-15(25)10-31-24(14)32-3;2*1-2/h4-8,10-11,13,29H,9,12H2,1-3H3,(H,28,30);2*1H2. The molecule has 0 bridgehead atoms. The van der Waals surface area contributed by atoms with Crippen LogP contribution in [0.3, 0.4) is 0 Å². The number of pyridine rings is 2. The molecular weight excluding hydrogens is 506 g/mol. The van der Waals surface area contributed by atoms with Gasteiger partial charge in [0.05, 0.1) is 29.6 Å². The Morgan fingerprint density at radius 3 is 2.51 bits per heavy atom. The van der Waals surface area contributed by atoms with E-state index in [1.54, 1.807) is 18.5 Å². The van der Waals surface area contributed by atoms with Gasteiger partial charge in [0.25, 0.3) is 0 Å². The van der Waals surface area contributed by atoms with Gasteiger partial charge in [-0.2, -0.15) is 0 Å². The van der Waals surface area contributed by atoms with Crippen molar-refractivity contribution in [2.75, 3.05) is 12.4 Å². The first kappa shape index (κ1) is 29.2. The minimum atomic E-state index is -0.731. The van der Waals surface area contributed by atoms with Crippen molar-refractivity contribution in [1.82, 2.24) is 15.0 Å². The highest BCUT2D eigenvalue weighted by molar-refractivity contribution is 6.30. The summed E-state index contributed by atoms with van der Waals surface area (Å²) in [5.41, 5.74) is 2.25. The molecule has 196 valence electrons. The molecule has 0 aliphatic heterocycles. The minimum absolute atomic E-state index is 0.125. The fraction of sp³-hybridized carbons (Fsp3) is 0.231. The smallest absolute Gasteiger partial charge is 0.218 e. The van der Waals surface area contributed by atoms with Crippen molar-refractivity contribution in [3.63, 3.8) is 0 Å². The van der Waals surface area contributed by atoms with Crippen LogP contribution in [0.1, 0.15) is 36.5 Å². The van der Waals surface area contributed by atoms with Gasteiger partial charge in [0.1, 0.15) is 37.4 Å². The Bertz CT molecular complexity index is 1330. The van der Waals surface area contributed by atoms with Crippen LogP contribution in [0.2, 0.25) is 5.02 Å². The zero-order valence-electron chi connectivity index (χ0n) is 20.6. The van der Waals surface area contributed by atoms with E-state index in [4.69, 9.17) is 30.7 Å². The maximum atomic E-state index is 15.2. The molecule has 0 spiro atoms. The van der Waals surface area contributed by atoms with Gasteiger partial charge in [0.2, 0.25) is 5.88 Å². The molecule has 3 heterocycles. The number of aromatic amines is 1. The Balaban J connectivity index is 0.00000115. The van der Waals surface area contributed by atoms with Gasteiger partial charge in [0.15, 0.2) is 5.82 Å². The number of methoxy groups -OCH3 is 1. The van der Waals surface area contributed by atoms with Gasteiger partial charge < -0.3 is 29.4 Å². The number of hydrogen-bond acceptors (Lipinski definition) is 7. The highest BCUT2D eigenvalue weighted by Crippen LogP contribution is 2.33. The Labute approximate surface area is 218 Å². The third-order valence-corrected chi connectivity index (χ3v) is 5.49. The summed E-state index contributed by atoms with van der Waals surface area (Å²) in [5, 5.41) is 4.30. The Kier molecular flexibility index (Phi) is 11.0. The zero-order valence-corrected chi connectivity index (χ0v) is 21.4. The largest absolute Gasteiger partial charge is 0.487 e. The summed E-state index contributed by atoms with van der Waals surface area (Å²) < 4.78 is 40.8. The lowest BCUT2D eigenvalue weighted by Crippen LogP contribution is -2.09. The lowest BCUT2D eigenvalue weighted by Gasteiger charge is -2.17. The molecule has 4 aromatic rings. The summed E-state index contributed by atoms with van der Waals surface area (Å²) in [4.78, 5) is 27.5. The maximum Gasteiger partial charge on any atom is 0.218 e. The van der Waals surface area contributed by atoms with Crippen molar-refractivity contribution in [2.24, 2.45) is 0 Å². The molecule has 8 nitrogen and oxygen atoms in total. The summed E-state index contributed by atoms with van der Waals surface area (Å²) in [7, 11) is 1.48. The van der Waals surface area contributed by atoms with E-state index < -0.39 is 11.6 Å². The fourth-order valence-electron chi connectivity index (χ4n) is 3.71. The lowest BCUT2D eigenvalue weighted by molar-refractivity contribution is -0.0987. The van der Waals surface area contributed by atoms with Crippen LogP contribution in [-0.2, 0) is 22.7 Å². The van der Waals surface area contributed by atoms with E-state index in [9.17, 15) is 4.39 Å². The van der Waals surface area contributed by atoms with Crippen LogP contribution >= 0.6 is 11.6 Å².